The summed E-state index contributed by atoms with van der Waals surface area (Å²) in [5.41, 5.74) is 10.2. The van der Waals surface area contributed by atoms with Gasteiger partial charge in [0.2, 0.25) is 0 Å². The van der Waals surface area contributed by atoms with Crippen molar-refractivity contribution in [3.63, 3.8) is 0 Å². The Morgan fingerprint density at radius 1 is 1.27 bits per heavy atom. The van der Waals surface area contributed by atoms with E-state index in [0.29, 0.717) is 17.1 Å². The molecule has 0 aliphatic carbocycles. The predicted octanol–water partition coefficient (Wildman–Crippen LogP) is 3.64. The van der Waals surface area contributed by atoms with Gasteiger partial charge in [0.05, 0.1) is 12.8 Å². The number of carbonyl (C=O) groups excluding carboxylic acids is 2. The van der Waals surface area contributed by atoms with E-state index in [1.165, 1.54) is 11.3 Å². The highest BCUT2D eigenvalue weighted by molar-refractivity contribution is 7.21. The Balaban J connectivity index is 1.50. The molecule has 3 heterocycles. The number of methoxy groups -OCH3 is 1. The molecule has 1 aromatic carbocycles. The number of amides is 1. The number of esters is 1. The van der Waals surface area contributed by atoms with Crippen LogP contribution in [0.25, 0.3) is 10.2 Å². The van der Waals surface area contributed by atoms with Crippen molar-refractivity contribution in [2.75, 3.05) is 30.9 Å². The second-order valence-electron chi connectivity index (χ2n) is 7.33. The molecule has 1 amide bonds. The molecule has 0 atom stereocenters. The van der Waals surface area contributed by atoms with Crippen molar-refractivity contribution < 1.29 is 19.1 Å². The van der Waals surface area contributed by atoms with E-state index in [9.17, 15) is 9.59 Å². The molecular weight excluding hydrogens is 402 g/mol. The molecule has 8 heteroatoms. The van der Waals surface area contributed by atoms with Gasteiger partial charge >= 0.3 is 5.97 Å². The van der Waals surface area contributed by atoms with Crippen molar-refractivity contribution >= 4 is 44.8 Å². The lowest BCUT2D eigenvalue weighted by Gasteiger charge is -2.29. The number of nitrogens with two attached hydrogens (primary N) is 1. The van der Waals surface area contributed by atoms with E-state index in [-0.39, 0.29) is 17.4 Å². The smallest absolute Gasteiger partial charge is 0.351 e. The number of rotatable bonds is 4. The first-order chi connectivity index (χ1) is 14.4. The first-order valence-electron chi connectivity index (χ1n) is 9.69. The summed E-state index contributed by atoms with van der Waals surface area (Å²) in [4.78, 5) is 32.5. The lowest BCUT2D eigenvalue weighted by Crippen LogP contribution is -2.38. The average molecular weight is 426 g/mol. The van der Waals surface area contributed by atoms with Crippen molar-refractivity contribution in [2.45, 2.75) is 26.7 Å². The van der Waals surface area contributed by atoms with E-state index in [4.69, 9.17) is 15.2 Å². The third-order valence-corrected chi connectivity index (χ3v) is 6.32. The Morgan fingerprint density at radius 2 is 2.07 bits per heavy atom. The molecular formula is C22H23N3O4S. The Morgan fingerprint density at radius 3 is 2.83 bits per heavy atom. The van der Waals surface area contributed by atoms with Gasteiger partial charge in [-0.05, 0) is 62.1 Å². The number of hydrogen-bond acceptors (Lipinski definition) is 7. The minimum absolute atomic E-state index is 0.265. The highest BCUT2D eigenvalue weighted by Gasteiger charge is 2.25. The van der Waals surface area contributed by atoms with Gasteiger partial charge in [-0.1, -0.05) is 0 Å². The number of thiophene rings is 1. The molecule has 1 aliphatic heterocycles. The Hall–Kier alpha value is -3.13. The van der Waals surface area contributed by atoms with Gasteiger partial charge in [0.25, 0.3) is 5.91 Å². The van der Waals surface area contributed by atoms with Crippen LogP contribution in [0, 0.1) is 13.8 Å². The second kappa shape index (κ2) is 7.95. The molecule has 0 radical (unpaired) electrons. The minimum Gasteiger partial charge on any atom is -0.497 e. The SMILES string of the molecule is COc1ccc2c(c1)CCCN2C(=O)COC(=O)c1sc2nc(C)cc(C)c2c1N. The number of ether oxygens (including phenoxy) is 2. The van der Waals surface area contributed by atoms with E-state index in [1.807, 2.05) is 38.1 Å². The van der Waals surface area contributed by atoms with Crippen molar-refractivity contribution in [2.24, 2.45) is 0 Å². The van der Waals surface area contributed by atoms with Gasteiger partial charge in [0, 0.05) is 23.3 Å². The zero-order chi connectivity index (χ0) is 21.4. The van der Waals surface area contributed by atoms with Crippen molar-refractivity contribution in [3.8, 4) is 5.75 Å². The van der Waals surface area contributed by atoms with Crippen LogP contribution < -0.4 is 15.4 Å². The number of nitrogens with zero attached hydrogens (tertiary/aromatic N) is 2. The largest absolute Gasteiger partial charge is 0.497 e. The summed E-state index contributed by atoms with van der Waals surface area (Å²) in [7, 11) is 1.62. The maximum atomic E-state index is 12.8. The van der Waals surface area contributed by atoms with Crippen LogP contribution in [-0.4, -0.2) is 37.1 Å². The van der Waals surface area contributed by atoms with Gasteiger partial charge in [0.15, 0.2) is 6.61 Å². The van der Waals surface area contributed by atoms with Gasteiger partial charge in [-0.3, -0.25) is 4.79 Å². The van der Waals surface area contributed by atoms with Gasteiger partial charge in [-0.25, -0.2) is 9.78 Å². The number of carbonyl (C=O) groups is 2. The Labute approximate surface area is 178 Å². The van der Waals surface area contributed by atoms with Crippen LogP contribution in [0.3, 0.4) is 0 Å². The lowest BCUT2D eigenvalue weighted by atomic mass is 10.0. The fourth-order valence-electron chi connectivity index (χ4n) is 3.85. The zero-order valence-corrected chi connectivity index (χ0v) is 18.0. The number of aryl methyl sites for hydroxylation is 3. The van der Waals surface area contributed by atoms with E-state index in [2.05, 4.69) is 4.98 Å². The molecule has 0 bridgehead atoms. The molecule has 0 saturated heterocycles. The fourth-order valence-corrected chi connectivity index (χ4v) is 4.96. The van der Waals surface area contributed by atoms with Crippen LogP contribution in [0.15, 0.2) is 24.3 Å². The molecule has 30 heavy (non-hydrogen) atoms. The van der Waals surface area contributed by atoms with Crippen molar-refractivity contribution in [1.29, 1.82) is 0 Å². The van der Waals surface area contributed by atoms with E-state index >= 15 is 0 Å². The van der Waals surface area contributed by atoms with Gasteiger partial charge in [-0.15, -0.1) is 11.3 Å². The van der Waals surface area contributed by atoms with Crippen LogP contribution in [0.4, 0.5) is 11.4 Å². The normalized spacial score (nSPS) is 13.2. The highest BCUT2D eigenvalue weighted by atomic mass is 32.1. The summed E-state index contributed by atoms with van der Waals surface area (Å²) in [5, 5.41) is 0.766. The van der Waals surface area contributed by atoms with E-state index in [1.54, 1.807) is 12.0 Å². The fraction of sp³-hybridized carbons (Fsp3) is 0.318. The van der Waals surface area contributed by atoms with Crippen molar-refractivity contribution in [1.82, 2.24) is 4.98 Å². The van der Waals surface area contributed by atoms with Gasteiger partial charge < -0.3 is 20.1 Å². The second-order valence-corrected chi connectivity index (χ2v) is 8.32. The first-order valence-corrected chi connectivity index (χ1v) is 10.5. The van der Waals surface area contributed by atoms with Gasteiger partial charge in [-0.2, -0.15) is 0 Å². The maximum absolute atomic E-state index is 12.8. The molecule has 4 rings (SSSR count). The number of benzene rings is 1. The van der Waals surface area contributed by atoms with Crippen LogP contribution in [0.5, 0.6) is 5.75 Å². The quantitative estimate of drug-likeness (QED) is 0.642. The number of nitrogen functional groups attached to an aromatic ring is 1. The Bertz CT molecular complexity index is 1150. The van der Waals surface area contributed by atoms with Crippen LogP contribution in [-0.2, 0) is 16.0 Å². The molecule has 0 spiro atoms. The molecule has 1 aliphatic rings. The molecule has 0 fully saturated rings. The standard InChI is InChI=1S/C22H23N3O4S/c1-12-9-13(2)24-21-18(12)19(23)20(30-21)22(27)29-11-17(26)25-8-4-5-14-10-15(28-3)6-7-16(14)25/h6-7,9-10H,4-5,8,11,23H2,1-3H3. The number of hydrogen-bond donors (Lipinski definition) is 1. The summed E-state index contributed by atoms with van der Waals surface area (Å²) in [6, 6.07) is 7.56. The first kappa shape index (κ1) is 20.2. The summed E-state index contributed by atoms with van der Waals surface area (Å²) >= 11 is 1.19. The third-order valence-electron chi connectivity index (χ3n) is 5.24. The van der Waals surface area contributed by atoms with Crippen LogP contribution >= 0.6 is 11.3 Å². The predicted molar refractivity (Wildman–Crippen MR) is 117 cm³/mol. The minimum atomic E-state index is -0.604. The van der Waals surface area contributed by atoms with Gasteiger partial charge in [0.1, 0.15) is 15.5 Å². The molecule has 2 N–H and O–H groups in total. The van der Waals surface area contributed by atoms with Crippen LogP contribution in [0.2, 0.25) is 0 Å². The highest BCUT2D eigenvalue weighted by Crippen LogP contribution is 2.35. The summed E-state index contributed by atoms with van der Waals surface area (Å²) < 4.78 is 10.6. The number of aromatic nitrogens is 1. The topological polar surface area (TPSA) is 94.7 Å². The molecule has 3 aromatic rings. The third kappa shape index (κ3) is 3.59. The zero-order valence-electron chi connectivity index (χ0n) is 17.2. The van der Waals surface area contributed by atoms with E-state index < -0.39 is 5.97 Å². The average Bonchev–Trinajstić information content (AvgIpc) is 3.07. The molecule has 2 aromatic heterocycles. The Kier molecular flexibility index (Phi) is 5.34. The summed E-state index contributed by atoms with van der Waals surface area (Å²) in [6.07, 6.45) is 1.72. The summed E-state index contributed by atoms with van der Waals surface area (Å²) in [5.74, 6) is -0.110. The lowest BCUT2D eigenvalue weighted by molar-refractivity contribution is -0.121. The number of fused-ring (bicyclic) bond motifs is 2. The maximum Gasteiger partial charge on any atom is 0.351 e. The molecule has 0 unspecified atom stereocenters. The molecule has 0 saturated carbocycles. The van der Waals surface area contributed by atoms with Crippen LogP contribution in [0.1, 0.15) is 32.9 Å². The van der Waals surface area contributed by atoms with E-state index in [0.717, 1.165) is 46.5 Å². The summed E-state index contributed by atoms with van der Waals surface area (Å²) in [6.45, 7) is 4.07. The number of pyridine rings is 1. The number of anilines is 2. The molecule has 156 valence electrons. The van der Waals surface area contributed by atoms with Crippen molar-refractivity contribution in [3.05, 3.63) is 46.0 Å². The monoisotopic (exact) mass is 425 g/mol. The molecule has 7 nitrogen and oxygen atoms in total.